The number of thioether (sulfide) groups is 1. The van der Waals surface area contributed by atoms with Gasteiger partial charge in [0.15, 0.2) is 0 Å². The summed E-state index contributed by atoms with van der Waals surface area (Å²) >= 11 is 6.45. The fourth-order valence-electron chi connectivity index (χ4n) is 2.42. The predicted molar refractivity (Wildman–Crippen MR) is 109 cm³/mol. The molecule has 0 saturated heterocycles. The molecule has 2 aromatic rings. The molecule has 0 fully saturated rings. The number of benzene rings is 1. The SMILES string of the molecule is CCOC(=S)SC(CCn1nnc2ccccc21)P(=O)(OCC)OCC. The van der Waals surface area contributed by atoms with Gasteiger partial charge in [0.05, 0.1) is 25.3 Å². The fraction of sp³-hybridized carbons (Fsp3) is 0.562. The number of thiocarbonyl (C=S) groups is 1. The van der Waals surface area contributed by atoms with Crippen molar-refractivity contribution in [3.05, 3.63) is 24.3 Å². The van der Waals surface area contributed by atoms with E-state index in [1.54, 1.807) is 18.5 Å². The Bertz CT molecular complexity index is 761. The first-order valence-corrected chi connectivity index (χ1v) is 11.4. The van der Waals surface area contributed by atoms with E-state index in [1.165, 1.54) is 11.8 Å². The highest BCUT2D eigenvalue weighted by Gasteiger charge is 2.37. The van der Waals surface area contributed by atoms with Crippen LogP contribution in [0, 0.1) is 0 Å². The summed E-state index contributed by atoms with van der Waals surface area (Å²) in [5.74, 6) is 0. The molecule has 0 spiro atoms. The average molecular weight is 417 g/mol. The molecule has 1 heterocycles. The zero-order valence-electron chi connectivity index (χ0n) is 15.2. The molecule has 0 bridgehead atoms. The molecule has 0 radical (unpaired) electrons. The third kappa shape index (κ3) is 5.50. The Hall–Kier alpha value is -0.990. The lowest BCUT2D eigenvalue weighted by Crippen LogP contribution is -2.16. The first-order chi connectivity index (χ1) is 12.5. The molecule has 0 aliphatic rings. The van der Waals surface area contributed by atoms with Crippen LogP contribution in [-0.4, -0.2) is 44.2 Å². The van der Waals surface area contributed by atoms with Crippen molar-refractivity contribution in [2.75, 3.05) is 19.8 Å². The summed E-state index contributed by atoms with van der Waals surface area (Å²) in [6.07, 6.45) is 0.489. The van der Waals surface area contributed by atoms with Gasteiger partial charge in [0, 0.05) is 6.54 Å². The summed E-state index contributed by atoms with van der Waals surface area (Å²) in [4.78, 5) is -0.482. The Morgan fingerprint density at radius 2 is 1.92 bits per heavy atom. The van der Waals surface area contributed by atoms with Crippen LogP contribution in [0.15, 0.2) is 24.3 Å². The van der Waals surface area contributed by atoms with E-state index >= 15 is 0 Å². The van der Waals surface area contributed by atoms with Crippen molar-refractivity contribution in [1.29, 1.82) is 0 Å². The van der Waals surface area contributed by atoms with Crippen molar-refractivity contribution in [2.45, 2.75) is 38.7 Å². The summed E-state index contributed by atoms with van der Waals surface area (Å²) in [6, 6.07) is 7.70. The molecule has 7 nitrogen and oxygen atoms in total. The summed E-state index contributed by atoms with van der Waals surface area (Å²) in [5.41, 5.74) is 1.74. The zero-order chi connectivity index (χ0) is 19.0. The molecule has 0 aliphatic carbocycles. The number of hydrogen-bond acceptors (Lipinski definition) is 8. The van der Waals surface area contributed by atoms with Crippen LogP contribution in [0.4, 0.5) is 0 Å². The van der Waals surface area contributed by atoms with Crippen LogP contribution in [0.5, 0.6) is 0 Å². The summed E-state index contributed by atoms with van der Waals surface area (Å²) in [6.45, 7) is 6.99. The maximum Gasteiger partial charge on any atom is 0.344 e. The van der Waals surface area contributed by atoms with Gasteiger partial charge < -0.3 is 13.8 Å². The third-order valence-electron chi connectivity index (χ3n) is 3.47. The number of aromatic nitrogens is 3. The zero-order valence-corrected chi connectivity index (χ0v) is 17.7. The van der Waals surface area contributed by atoms with E-state index in [0.717, 1.165) is 11.0 Å². The number of hydrogen-bond donors (Lipinski definition) is 0. The number of rotatable bonds is 10. The van der Waals surface area contributed by atoms with E-state index in [9.17, 15) is 4.57 Å². The van der Waals surface area contributed by atoms with E-state index in [1.807, 2.05) is 31.2 Å². The molecule has 1 unspecified atom stereocenters. The third-order valence-corrected chi connectivity index (χ3v) is 7.99. The second kappa shape index (κ2) is 10.4. The second-order valence-corrected chi connectivity index (χ2v) is 9.59. The molecule has 144 valence electrons. The molecule has 2 rings (SSSR count). The summed E-state index contributed by atoms with van der Waals surface area (Å²) in [5, 5.41) is 8.32. The van der Waals surface area contributed by atoms with Crippen LogP contribution in [0.3, 0.4) is 0 Å². The Morgan fingerprint density at radius 3 is 2.58 bits per heavy atom. The highest BCUT2D eigenvalue weighted by atomic mass is 32.2. The average Bonchev–Trinajstić information content (AvgIpc) is 3.02. The van der Waals surface area contributed by atoms with Crippen LogP contribution < -0.4 is 0 Å². The van der Waals surface area contributed by atoms with Crippen molar-refractivity contribution >= 4 is 47.0 Å². The van der Waals surface area contributed by atoms with Gasteiger partial charge in [-0.25, -0.2) is 4.68 Å². The number of ether oxygens (including phenoxy) is 1. The van der Waals surface area contributed by atoms with Crippen molar-refractivity contribution in [3.63, 3.8) is 0 Å². The Kier molecular flexibility index (Phi) is 8.50. The van der Waals surface area contributed by atoms with Crippen LogP contribution >= 0.6 is 31.6 Å². The van der Waals surface area contributed by atoms with Gasteiger partial charge in [-0.2, -0.15) is 0 Å². The van der Waals surface area contributed by atoms with Gasteiger partial charge in [0.2, 0.25) is 4.38 Å². The quantitative estimate of drug-likeness (QED) is 0.414. The lowest BCUT2D eigenvalue weighted by atomic mass is 10.3. The van der Waals surface area contributed by atoms with E-state index in [2.05, 4.69) is 10.3 Å². The molecular formula is C16H24N3O4PS2. The highest BCUT2D eigenvalue weighted by Crippen LogP contribution is 2.58. The summed E-state index contributed by atoms with van der Waals surface area (Å²) in [7, 11) is -3.35. The molecule has 0 saturated carbocycles. The lowest BCUT2D eigenvalue weighted by Gasteiger charge is -2.25. The van der Waals surface area contributed by atoms with Crippen molar-refractivity contribution in [2.24, 2.45) is 0 Å². The van der Waals surface area contributed by atoms with E-state index in [4.69, 9.17) is 26.0 Å². The van der Waals surface area contributed by atoms with Crippen molar-refractivity contribution in [1.82, 2.24) is 15.0 Å². The smallest absolute Gasteiger partial charge is 0.344 e. The minimum Gasteiger partial charge on any atom is -0.479 e. The van der Waals surface area contributed by atoms with Crippen LogP contribution in [0.2, 0.25) is 0 Å². The van der Waals surface area contributed by atoms with Crippen LogP contribution in [0.25, 0.3) is 11.0 Å². The Balaban J connectivity index is 2.19. The van der Waals surface area contributed by atoms with Gasteiger partial charge in [-0.15, -0.1) is 5.10 Å². The number of aryl methyl sites for hydroxylation is 1. The first-order valence-electron chi connectivity index (χ1n) is 8.54. The molecule has 0 N–H and O–H groups in total. The Morgan fingerprint density at radius 1 is 1.23 bits per heavy atom. The number of fused-ring (bicyclic) bond motifs is 1. The standard InChI is InChI=1S/C16H24N3O4PS2/c1-4-21-16(25)26-15(24(20,22-5-2)23-6-3)11-12-19-14-10-8-7-9-13(14)17-18-19/h7-10,15H,4-6,11-12H2,1-3H3. The van der Waals surface area contributed by atoms with Gasteiger partial charge in [0.1, 0.15) is 10.5 Å². The van der Waals surface area contributed by atoms with Crippen molar-refractivity contribution < 1.29 is 18.3 Å². The fourth-order valence-corrected chi connectivity index (χ4v) is 6.46. The lowest BCUT2D eigenvalue weighted by molar-refractivity contribution is 0.217. The minimum absolute atomic E-state index is 0.294. The molecule has 0 aliphatic heterocycles. The predicted octanol–water partition coefficient (Wildman–Crippen LogP) is 4.47. The molecule has 26 heavy (non-hydrogen) atoms. The molecule has 0 amide bonds. The maximum atomic E-state index is 13.3. The largest absolute Gasteiger partial charge is 0.479 e. The normalized spacial score (nSPS) is 13.0. The molecule has 1 aromatic heterocycles. The molecule has 1 atom stereocenters. The number of para-hydroxylation sites is 1. The van der Waals surface area contributed by atoms with Gasteiger partial charge in [-0.1, -0.05) is 29.1 Å². The maximum absolute atomic E-state index is 13.3. The van der Waals surface area contributed by atoms with Gasteiger partial charge in [-0.05, 0) is 51.5 Å². The molecule has 10 heteroatoms. The summed E-state index contributed by atoms with van der Waals surface area (Å²) < 4.78 is 31.8. The van der Waals surface area contributed by atoms with E-state index in [-0.39, 0.29) is 0 Å². The van der Waals surface area contributed by atoms with E-state index < -0.39 is 12.6 Å². The van der Waals surface area contributed by atoms with Crippen molar-refractivity contribution in [3.8, 4) is 0 Å². The first kappa shape index (κ1) is 21.3. The molecule has 1 aromatic carbocycles. The monoisotopic (exact) mass is 417 g/mol. The minimum atomic E-state index is -3.35. The highest BCUT2D eigenvalue weighted by molar-refractivity contribution is 8.25. The van der Waals surface area contributed by atoms with Crippen LogP contribution in [0.1, 0.15) is 27.2 Å². The number of nitrogens with zero attached hydrogens (tertiary/aromatic N) is 3. The van der Waals surface area contributed by atoms with Gasteiger partial charge in [0.25, 0.3) is 0 Å². The second-order valence-electron chi connectivity index (χ2n) is 5.22. The molecular weight excluding hydrogens is 393 g/mol. The topological polar surface area (TPSA) is 75.5 Å². The van der Waals surface area contributed by atoms with Gasteiger partial charge >= 0.3 is 7.60 Å². The van der Waals surface area contributed by atoms with Gasteiger partial charge in [-0.3, -0.25) is 4.57 Å². The van der Waals surface area contributed by atoms with Crippen LogP contribution in [-0.2, 0) is 24.9 Å². The van der Waals surface area contributed by atoms with E-state index in [0.29, 0.717) is 37.2 Å². The Labute approximate surface area is 163 Å².